The van der Waals surface area contributed by atoms with Crippen LogP contribution in [0.4, 0.5) is 0 Å². The number of aromatic nitrogens is 2. The van der Waals surface area contributed by atoms with Crippen molar-refractivity contribution in [2.45, 2.75) is 26.3 Å². The molecular weight excluding hydrogens is 225 g/mol. The van der Waals surface area contributed by atoms with Crippen molar-refractivity contribution in [3.05, 3.63) is 27.9 Å². The lowest BCUT2D eigenvalue weighted by Crippen LogP contribution is -2.33. The third kappa shape index (κ3) is 4.09. The molecular formula is C8H15Cl2N3O. The van der Waals surface area contributed by atoms with Gasteiger partial charge in [-0.05, 0) is 20.8 Å². The second kappa shape index (κ2) is 5.34. The third-order valence-corrected chi connectivity index (χ3v) is 1.48. The summed E-state index contributed by atoms with van der Waals surface area (Å²) in [6, 6.07) is 1.44. The number of aromatic amines is 1. The first-order valence-corrected chi connectivity index (χ1v) is 3.77. The van der Waals surface area contributed by atoms with E-state index in [0.29, 0.717) is 11.5 Å². The first kappa shape index (κ1) is 15.9. The number of halogens is 2. The van der Waals surface area contributed by atoms with E-state index in [1.54, 1.807) is 20.8 Å². The number of rotatable bonds is 1. The molecule has 0 aliphatic rings. The molecule has 0 aliphatic heterocycles. The van der Waals surface area contributed by atoms with Crippen molar-refractivity contribution in [1.82, 2.24) is 9.97 Å². The molecule has 1 rings (SSSR count). The number of hydrogen-bond acceptors (Lipinski definition) is 3. The van der Waals surface area contributed by atoms with E-state index in [9.17, 15) is 4.79 Å². The normalized spacial score (nSPS) is 10.0. The van der Waals surface area contributed by atoms with Crippen LogP contribution in [0.3, 0.4) is 0 Å². The van der Waals surface area contributed by atoms with Crippen LogP contribution < -0.4 is 11.3 Å². The van der Waals surface area contributed by atoms with Gasteiger partial charge in [-0.1, -0.05) is 0 Å². The van der Waals surface area contributed by atoms with Gasteiger partial charge < -0.3 is 10.7 Å². The van der Waals surface area contributed by atoms with Gasteiger partial charge in [-0.3, -0.25) is 4.79 Å². The molecule has 0 aromatic carbocycles. The minimum absolute atomic E-state index is 0. The number of H-pyrrole nitrogens is 1. The number of nitrogens with zero attached hydrogens (tertiary/aromatic N) is 1. The van der Waals surface area contributed by atoms with Crippen molar-refractivity contribution in [2.24, 2.45) is 5.73 Å². The number of nitrogens with one attached hydrogen (secondary N) is 1. The molecule has 0 bridgehead atoms. The zero-order valence-electron chi connectivity index (χ0n) is 8.33. The first-order chi connectivity index (χ1) is 5.39. The number of hydrogen-bond donors (Lipinski definition) is 2. The monoisotopic (exact) mass is 239 g/mol. The standard InChI is InChI=1S/C8H13N3O.2ClH/c1-5-4-6(12)11-7(10-5)8(2,3)9;;/h4H,9H2,1-3H3,(H,10,11,12);2*1H. The largest absolute Gasteiger partial charge is 0.319 e. The van der Waals surface area contributed by atoms with Crippen LogP contribution in [0.5, 0.6) is 0 Å². The maximum absolute atomic E-state index is 11.0. The SMILES string of the molecule is Cc1cc(=O)[nH]c(C(C)(C)N)n1.Cl.Cl. The van der Waals surface area contributed by atoms with Crippen molar-refractivity contribution >= 4 is 24.8 Å². The molecule has 1 aromatic heterocycles. The Bertz CT molecular complexity index is 343. The van der Waals surface area contributed by atoms with E-state index < -0.39 is 5.54 Å². The highest BCUT2D eigenvalue weighted by molar-refractivity contribution is 5.85. The average Bonchev–Trinajstić information content (AvgIpc) is 1.82. The zero-order valence-corrected chi connectivity index (χ0v) is 9.96. The lowest BCUT2D eigenvalue weighted by Gasteiger charge is -2.16. The summed E-state index contributed by atoms with van der Waals surface area (Å²) in [5, 5.41) is 0. The van der Waals surface area contributed by atoms with Crippen LogP contribution in [0.2, 0.25) is 0 Å². The van der Waals surface area contributed by atoms with Crippen LogP contribution in [-0.2, 0) is 5.54 Å². The van der Waals surface area contributed by atoms with Gasteiger partial charge in [-0.2, -0.15) is 0 Å². The molecule has 0 fully saturated rings. The molecule has 0 amide bonds. The van der Waals surface area contributed by atoms with Gasteiger partial charge in [-0.15, -0.1) is 24.8 Å². The van der Waals surface area contributed by atoms with E-state index >= 15 is 0 Å². The van der Waals surface area contributed by atoms with Crippen LogP contribution in [0.15, 0.2) is 10.9 Å². The molecule has 14 heavy (non-hydrogen) atoms. The van der Waals surface area contributed by atoms with Crippen molar-refractivity contribution in [1.29, 1.82) is 0 Å². The van der Waals surface area contributed by atoms with Crippen LogP contribution >= 0.6 is 24.8 Å². The Morgan fingerprint density at radius 2 is 1.93 bits per heavy atom. The molecule has 0 saturated heterocycles. The lowest BCUT2D eigenvalue weighted by atomic mass is 10.1. The highest BCUT2D eigenvalue weighted by Gasteiger charge is 2.16. The fraction of sp³-hybridized carbons (Fsp3) is 0.500. The van der Waals surface area contributed by atoms with E-state index in [1.165, 1.54) is 6.07 Å². The topological polar surface area (TPSA) is 71.8 Å². The smallest absolute Gasteiger partial charge is 0.251 e. The van der Waals surface area contributed by atoms with Crippen molar-refractivity contribution in [3.63, 3.8) is 0 Å². The van der Waals surface area contributed by atoms with E-state index in [2.05, 4.69) is 9.97 Å². The van der Waals surface area contributed by atoms with Crippen LogP contribution in [0, 0.1) is 6.92 Å². The van der Waals surface area contributed by atoms with Gasteiger partial charge in [0.1, 0.15) is 5.82 Å². The lowest BCUT2D eigenvalue weighted by molar-refractivity contribution is 0.509. The zero-order chi connectivity index (χ0) is 9.35. The summed E-state index contributed by atoms with van der Waals surface area (Å²) in [6.45, 7) is 5.36. The summed E-state index contributed by atoms with van der Waals surface area (Å²) in [7, 11) is 0. The summed E-state index contributed by atoms with van der Waals surface area (Å²) < 4.78 is 0. The van der Waals surface area contributed by atoms with Gasteiger partial charge in [0.2, 0.25) is 0 Å². The van der Waals surface area contributed by atoms with Crippen molar-refractivity contribution in [3.8, 4) is 0 Å². The van der Waals surface area contributed by atoms with E-state index in [1.807, 2.05) is 0 Å². The van der Waals surface area contributed by atoms with Crippen LogP contribution in [0.25, 0.3) is 0 Å². The minimum Gasteiger partial charge on any atom is -0.319 e. The van der Waals surface area contributed by atoms with Crippen LogP contribution in [0.1, 0.15) is 25.4 Å². The predicted octanol–water partition coefficient (Wildman–Crippen LogP) is 1.12. The summed E-state index contributed by atoms with van der Waals surface area (Å²) >= 11 is 0. The number of aryl methyl sites for hydroxylation is 1. The summed E-state index contributed by atoms with van der Waals surface area (Å²) in [4.78, 5) is 17.7. The first-order valence-electron chi connectivity index (χ1n) is 3.77. The molecule has 82 valence electrons. The van der Waals surface area contributed by atoms with Gasteiger partial charge in [0.05, 0.1) is 5.54 Å². The second-order valence-electron chi connectivity index (χ2n) is 3.46. The van der Waals surface area contributed by atoms with Crippen molar-refractivity contribution in [2.75, 3.05) is 0 Å². The second-order valence-corrected chi connectivity index (χ2v) is 3.46. The van der Waals surface area contributed by atoms with E-state index in [-0.39, 0.29) is 30.4 Å². The Hall–Kier alpha value is -0.580. The summed E-state index contributed by atoms with van der Waals surface area (Å²) in [5.41, 5.74) is 5.70. The van der Waals surface area contributed by atoms with E-state index in [4.69, 9.17) is 5.73 Å². The molecule has 0 atom stereocenters. The predicted molar refractivity (Wildman–Crippen MR) is 61.3 cm³/mol. The van der Waals surface area contributed by atoms with Gasteiger partial charge in [0.25, 0.3) is 5.56 Å². The molecule has 1 heterocycles. The molecule has 0 aliphatic carbocycles. The fourth-order valence-electron chi connectivity index (χ4n) is 0.884. The summed E-state index contributed by atoms with van der Waals surface area (Å²) in [6.07, 6.45) is 0. The molecule has 4 nitrogen and oxygen atoms in total. The summed E-state index contributed by atoms with van der Waals surface area (Å²) in [5.74, 6) is 0.521. The van der Waals surface area contributed by atoms with Gasteiger partial charge in [0.15, 0.2) is 0 Å². The Kier molecular flexibility index (Phi) is 6.05. The quantitative estimate of drug-likeness (QED) is 0.772. The molecule has 0 spiro atoms. The molecule has 0 unspecified atom stereocenters. The van der Waals surface area contributed by atoms with Gasteiger partial charge in [0, 0.05) is 11.8 Å². The molecule has 1 aromatic rings. The highest BCUT2D eigenvalue weighted by Crippen LogP contribution is 2.09. The third-order valence-electron chi connectivity index (χ3n) is 1.48. The van der Waals surface area contributed by atoms with Gasteiger partial charge in [-0.25, -0.2) is 4.98 Å². The Labute approximate surface area is 95.1 Å². The van der Waals surface area contributed by atoms with E-state index in [0.717, 1.165) is 0 Å². The minimum atomic E-state index is -0.592. The Balaban J connectivity index is 0. The maximum Gasteiger partial charge on any atom is 0.251 e. The molecule has 3 N–H and O–H groups in total. The molecule has 0 radical (unpaired) electrons. The maximum atomic E-state index is 11.0. The Morgan fingerprint density at radius 3 is 2.29 bits per heavy atom. The average molecular weight is 240 g/mol. The molecule has 6 heteroatoms. The highest BCUT2D eigenvalue weighted by atomic mass is 35.5. The van der Waals surface area contributed by atoms with Crippen LogP contribution in [-0.4, -0.2) is 9.97 Å². The van der Waals surface area contributed by atoms with Crippen molar-refractivity contribution < 1.29 is 0 Å². The number of nitrogens with two attached hydrogens (primary N) is 1. The van der Waals surface area contributed by atoms with Gasteiger partial charge >= 0.3 is 0 Å². The fourth-order valence-corrected chi connectivity index (χ4v) is 0.884. The Morgan fingerprint density at radius 1 is 1.43 bits per heavy atom. The molecule has 0 saturated carbocycles.